The molecular weight excluding hydrogens is 391 g/mol. The van der Waals surface area contributed by atoms with Crippen LogP contribution < -0.4 is 20.1 Å². The first kappa shape index (κ1) is 22.8. The molecule has 1 fully saturated rings. The Balaban J connectivity index is 1.88. The standard InChI is InChI=1S/C19H26F3N3O4/c1-3-28-15-8-7-14(10-16(15)29-4-2)23-18(27)24-17(26)12-25-9-5-6-13(11-25)19(20,21)22/h7-8,10,13H,3-6,9,11-12H2,1-2H3,(H2,23,24,26,27)/t13-/m0/s1. The summed E-state index contributed by atoms with van der Waals surface area (Å²) >= 11 is 0. The number of alkyl halides is 3. The number of carbonyl (C=O) groups excluding carboxylic acids is 2. The molecule has 1 heterocycles. The predicted octanol–water partition coefficient (Wildman–Crippen LogP) is 3.41. The number of hydrogen-bond donors (Lipinski definition) is 2. The van der Waals surface area contributed by atoms with Crippen LogP contribution in [0.5, 0.6) is 11.5 Å². The Bertz CT molecular complexity index is 712. The second-order valence-corrected chi connectivity index (χ2v) is 6.65. The third-order valence-electron chi connectivity index (χ3n) is 4.39. The van der Waals surface area contributed by atoms with E-state index in [9.17, 15) is 22.8 Å². The molecule has 0 aliphatic carbocycles. The first-order valence-corrected chi connectivity index (χ1v) is 9.52. The van der Waals surface area contributed by atoms with Crippen molar-refractivity contribution in [2.45, 2.75) is 32.9 Å². The molecule has 2 rings (SSSR count). The van der Waals surface area contributed by atoms with Crippen molar-refractivity contribution in [3.8, 4) is 11.5 Å². The molecule has 1 aliphatic rings. The summed E-state index contributed by atoms with van der Waals surface area (Å²) in [4.78, 5) is 25.5. The molecule has 0 spiro atoms. The van der Waals surface area contributed by atoms with E-state index in [1.807, 2.05) is 13.8 Å². The average Bonchev–Trinajstić information content (AvgIpc) is 2.63. The number of benzene rings is 1. The van der Waals surface area contributed by atoms with Crippen LogP contribution in [0, 0.1) is 5.92 Å². The van der Waals surface area contributed by atoms with Gasteiger partial charge in [0.25, 0.3) is 0 Å². The number of rotatable bonds is 7. The highest BCUT2D eigenvalue weighted by Crippen LogP contribution is 2.33. The third kappa shape index (κ3) is 7.12. The Morgan fingerprint density at radius 3 is 2.52 bits per heavy atom. The Kier molecular flexibility index (Phi) is 8.12. The first-order valence-electron chi connectivity index (χ1n) is 9.52. The molecule has 162 valence electrons. The minimum absolute atomic E-state index is 0.0575. The molecule has 0 radical (unpaired) electrons. The number of halogens is 3. The number of likely N-dealkylation sites (tertiary alicyclic amines) is 1. The smallest absolute Gasteiger partial charge is 0.393 e. The molecule has 0 aromatic heterocycles. The molecule has 1 aromatic carbocycles. The third-order valence-corrected chi connectivity index (χ3v) is 4.39. The van der Waals surface area contributed by atoms with Gasteiger partial charge in [-0.15, -0.1) is 0 Å². The van der Waals surface area contributed by atoms with Crippen LogP contribution in [0.15, 0.2) is 18.2 Å². The number of nitrogens with one attached hydrogen (secondary N) is 2. The number of imide groups is 1. The summed E-state index contributed by atoms with van der Waals surface area (Å²) in [5.41, 5.74) is 0.386. The monoisotopic (exact) mass is 417 g/mol. The first-order chi connectivity index (χ1) is 13.7. The van der Waals surface area contributed by atoms with E-state index in [1.165, 1.54) is 4.90 Å². The summed E-state index contributed by atoms with van der Waals surface area (Å²) in [7, 11) is 0. The summed E-state index contributed by atoms with van der Waals surface area (Å²) in [5.74, 6) is -1.13. The highest BCUT2D eigenvalue weighted by atomic mass is 19.4. The topological polar surface area (TPSA) is 79.9 Å². The molecule has 1 aliphatic heterocycles. The van der Waals surface area contributed by atoms with Crippen molar-refractivity contribution in [3.63, 3.8) is 0 Å². The van der Waals surface area contributed by atoms with E-state index >= 15 is 0 Å². The minimum atomic E-state index is -4.28. The Morgan fingerprint density at radius 2 is 1.86 bits per heavy atom. The summed E-state index contributed by atoms with van der Waals surface area (Å²) in [6.07, 6.45) is -3.86. The van der Waals surface area contributed by atoms with Gasteiger partial charge in [-0.1, -0.05) is 0 Å². The number of hydrogen-bond acceptors (Lipinski definition) is 5. The number of urea groups is 1. The number of anilines is 1. The van der Waals surface area contributed by atoms with Crippen molar-refractivity contribution in [2.24, 2.45) is 5.92 Å². The summed E-state index contributed by atoms with van der Waals surface area (Å²) in [6, 6.07) is 4.02. The lowest BCUT2D eigenvalue weighted by atomic mass is 9.97. The van der Waals surface area contributed by atoms with Crippen LogP contribution in [0.2, 0.25) is 0 Å². The van der Waals surface area contributed by atoms with Crippen LogP contribution in [-0.4, -0.2) is 55.9 Å². The Morgan fingerprint density at radius 1 is 1.17 bits per heavy atom. The van der Waals surface area contributed by atoms with E-state index < -0.39 is 24.0 Å². The van der Waals surface area contributed by atoms with Crippen LogP contribution in [-0.2, 0) is 4.79 Å². The van der Waals surface area contributed by atoms with Crippen molar-refractivity contribution < 1.29 is 32.2 Å². The lowest BCUT2D eigenvalue weighted by molar-refractivity contribution is -0.187. The largest absolute Gasteiger partial charge is 0.490 e. The lowest BCUT2D eigenvalue weighted by Crippen LogP contribution is -2.47. The highest BCUT2D eigenvalue weighted by Gasteiger charge is 2.41. The van der Waals surface area contributed by atoms with Gasteiger partial charge in [0.2, 0.25) is 5.91 Å². The quantitative estimate of drug-likeness (QED) is 0.711. The number of carbonyl (C=O) groups is 2. The Labute approximate surface area is 167 Å². The number of ether oxygens (including phenoxy) is 2. The molecule has 0 bridgehead atoms. The lowest BCUT2D eigenvalue weighted by Gasteiger charge is -2.33. The fourth-order valence-electron chi connectivity index (χ4n) is 3.13. The minimum Gasteiger partial charge on any atom is -0.490 e. The fraction of sp³-hybridized carbons (Fsp3) is 0.579. The molecule has 1 aromatic rings. The fourth-order valence-corrected chi connectivity index (χ4v) is 3.13. The maximum atomic E-state index is 12.9. The molecular formula is C19H26F3N3O4. The van der Waals surface area contributed by atoms with Gasteiger partial charge in [-0.3, -0.25) is 15.0 Å². The molecule has 10 heteroatoms. The molecule has 0 unspecified atom stereocenters. The van der Waals surface area contributed by atoms with Gasteiger partial charge in [0, 0.05) is 18.3 Å². The maximum absolute atomic E-state index is 12.9. The summed E-state index contributed by atoms with van der Waals surface area (Å²) in [6.45, 7) is 4.38. The van der Waals surface area contributed by atoms with Gasteiger partial charge >= 0.3 is 12.2 Å². The van der Waals surface area contributed by atoms with Crippen molar-refractivity contribution in [1.82, 2.24) is 10.2 Å². The van der Waals surface area contributed by atoms with Crippen molar-refractivity contribution >= 4 is 17.6 Å². The zero-order chi connectivity index (χ0) is 21.4. The van der Waals surface area contributed by atoms with Crippen molar-refractivity contribution in [3.05, 3.63) is 18.2 Å². The molecule has 1 saturated heterocycles. The van der Waals surface area contributed by atoms with Crippen LogP contribution in [0.4, 0.5) is 23.7 Å². The normalized spacial score (nSPS) is 17.5. The highest BCUT2D eigenvalue weighted by molar-refractivity contribution is 6.01. The van der Waals surface area contributed by atoms with Gasteiger partial charge in [-0.05, 0) is 45.4 Å². The second-order valence-electron chi connectivity index (χ2n) is 6.65. The van der Waals surface area contributed by atoms with Gasteiger partial charge in [0.05, 0.1) is 25.7 Å². The zero-order valence-corrected chi connectivity index (χ0v) is 16.5. The van der Waals surface area contributed by atoms with E-state index in [0.717, 1.165) is 0 Å². The van der Waals surface area contributed by atoms with E-state index in [2.05, 4.69) is 10.6 Å². The number of amides is 3. The van der Waals surface area contributed by atoms with Crippen LogP contribution >= 0.6 is 0 Å². The van der Waals surface area contributed by atoms with Gasteiger partial charge in [-0.2, -0.15) is 13.2 Å². The van der Waals surface area contributed by atoms with Gasteiger partial charge in [0.15, 0.2) is 11.5 Å². The van der Waals surface area contributed by atoms with Crippen LogP contribution in [0.3, 0.4) is 0 Å². The van der Waals surface area contributed by atoms with Gasteiger partial charge in [0.1, 0.15) is 0 Å². The molecule has 2 N–H and O–H groups in total. The number of nitrogens with zero attached hydrogens (tertiary/aromatic N) is 1. The number of piperidine rings is 1. The SMILES string of the molecule is CCOc1ccc(NC(=O)NC(=O)CN2CCC[C@H](C(F)(F)F)C2)cc1OCC. The van der Waals surface area contributed by atoms with Gasteiger partial charge < -0.3 is 14.8 Å². The van der Waals surface area contributed by atoms with Crippen molar-refractivity contribution in [1.29, 1.82) is 0 Å². The molecule has 3 amide bonds. The van der Waals surface area contributed by atoms with E-state index in [0.29, 0.717) is 43.4 Å². The van der Waals surface area contributed by atoms with Crippen LogP contribution in [0.25, 0.3) is 0 Å². The molecule has 7 nitrogen and oxygen atoms in total. The Hall–Kier alpha value is -2.49. The molecule has 0 saturated carbocycles. The van der Waals surface area contributed by atoms with E-state index in [-0.39, 0.29) is 19.5 Å². The van der Waals surface area contributed by atoms with Crippen molar-refractivity contribution in [2.75, 3.05) is 38.2 Å². The predicted molar refractivity (Wildman–Crippen MR) is 101 cm³/mol. The zero-order valence-electron chi connectivity index (χ0n) is 16.5. The summed E-state index contributed by atoms with van der Waals surface area (Å²) < 4.78 is 49.5. The summed E-state index contributed by atoms with van der Waals surface area (Å²) in [5, 5.41) is 4.64. The second kappa shape index (κ2) is 10.3. The maximum Gasteiger partial charge on any atom is 0.393 e. The van der Waals surface area contributed by atoms with Crippen LogP contribution in [0.1, 0.15) is 26.7 Å². The molecule has 1 atom stereocenters. The average molecular weight is 417 g/mol. The van der Waals surface area contributed by atoms with E-state index in [1.54, 1.807) is 18.2 Å². The molecule has 29 heavy (non-hydrogen) atoms. The van der Waals surface area contributed by atoms with E-state index in [4.69, 9.17) is 9.47 Å². The van der Waals surface area contributed by atoms with Gasteiger partial charge in [-0.25, -0.2) is 4.79 Å².